The van der Waals surface area contributed by atoms with Gasteiger partial charge in [-0.2, -0.15) is 0 Å². The van der Waals surface area contributed by atoms with Gasteiger partial charge in [-0.3, -0.25) is 9.59 Å². The van der Waals surface area contributed by atoms with Gasteiger partial charge in [-0.05, 0) is 31.0 Å². The first kappa shape index (κ1) is 23.5. The summed E-state index contributed by atoms with van der Waals surface area (Å²) in [6, 6.07) is 4.76. The molecule has 35 heavy (non-hydrogen) atoms. The molecule has 186 valence electrons. The molecule has 0 aliphatic carbocycles. The third-order valence-electron chi connectivity index (χ3n) is 6.92. The van der Waals surface area contributed by atoms with Crippen LogP contribution in [-0.4, -0.2) is 97.2 Å². The number of rotatable bonds is 5. The first-order valence-corrected chi connectivity index (χ1v) is 12.3. The SMILES string of the molecule is O=C(CN1CCCCC1=O)N1CCN(c2ccc(F)cc2-c2cnc(N3CCOCC3)nc2)CC1. The highest BCUT2D eigenvalue weighted by Gasteiger charge is 2.27. The molecule has 3 aliphatic heterocycles. The van der Waals surface area contributed by atoms with Gasteiger partial charge in [0.25, 0.3) is 0 Å². The van der Waals surface area contributed by atoms with Gasteiger partial charge in [0.05, 0.1) is 19.8 Å². The molecule has 3 aliphatic rings. The van der Waals surface area contributed by atoms with Crippen LogP contribution in [0.5, 0.6) is 0 Å². The summed E-state index contributed by atoms with van der Waals surface area (Å²) in [4.78, 5) is 41.6. The van der Waals surface area contributed by atoms with E-state index in [0.29, 0.717) is 58.3 Å². The number of nitrogens with zero attached hydrogens (tertiary/aromatic N) is 6. The van der Waals surface area contributed by atoms with Crippen LogP contribution in [0.1, 0.15) is 19.3 Å². The number of amides is 2. The van der Waals surface area contributed by atoms with Crippen LogP contribution >= 0.6 is 0 Å². The number of hydrogen-bond acceptors (Lipinski definition) is 7. The summed E-state index contributed by atoms with van der Waals surface area (Å²) in [5.74, 6) is 0.391. The fourth-order valence-electron chi connectivity index (χ4n) is 4.89. The monoisotopic (exact) mass is 482 g/mol. The Hall–Kier alpha value is -3.27. The number of halogens is 1. The Bertz CT molecular complexity index is 1050. The van der Waals surface area contributed by atoms with Gasteiger partial charge in [0, 0.05) is 81.4 Å². The molecule has 1 aromatic heterocycles. The molecule has 5 rings (SSSR count). The van der Waals surface area contributed by atoms with Gasteiger partial charge in [0.15, 0.2) is 0 Å². The zero-order valence-corrected chi connectivity index (χ0v) is 19.9. The van der Waals surface area contributed by atoms with Crippen molar-refractivity contribution >= 4 is 23.5 Å². The highest BCUT2D eigenvalue weighted by molar-refractivity contribution is 5.85. The van der Waals surface area contributed by atoms with Gasteiger partial charge in [-0.25, -0.2) is 14.4 Å². The standard InChI is InChI=1S/C25H31FN6O3/c26-20-4-5-22(21(15-20)19-16-27-25(28-17-19)31-11-13-35-14-12-31)29-7-9-30(10-8-29)24(34)18-32-6-2-1-3-23(32)33/h4-5,15-17H,1-3,6-14,18H2. The van der Waals surface area contributed by atoms with E-state index in [9.17, 15) is 14.0 Å². The molecule has 2 aromatic rings. The number of piperazine rings is 1. The van der Waals surface area contributed by atoms with Crippen molar-refractivity contribution in [1.82, 2.24) is 19.8 Å². The highest BCUT2D eigenvalue weighted by atomic mass is 19.1. The lowest BCUT2D eigenvalue weighted by Crippen LogP contribution is -2.52. The van der Waals surface area contributed by atoms with E-state index >= 15 is 0 Å². The number of benzene rings is 1. The number of morpholine rings is 1. The molecule has 0 atom stereocenters. The van der Waals surface area contributed by atoms with Gasteiger partial charge in [0.1, 0.15) is 5.82 Å². The van der Waals surface area contributed by atoms with Gasteiger partial charge in [-0.15, -0.1) is 0 Å². The lowest BCUT2D eigenvalue weighted by molar-refractivity contribution is -0.142. The molecule has 3 saturated heterocycles. The Morgan fingerprint density at radius 2 is 1.69 bits per heavy atom. The molecule has 0 spiro atoms. The molecular weight excluding hydrogens is 451 g/mol. The smallest absolute Gasteiger partial charge is 0.242 e. The zero-order chi connectivity index (χ0) is 24.2. The molecule has 10 heteroatoms. The fourth-order valence-corrected chi connectivity index (χ4v) is 4.89. The van der Waals surface area contributed by atoms with E-state index in [0.717, 1.165) is 42.7 Å². The van der Waals surface area contributed by atoms with Crippen LogP contribution in [0.4, 0.5) is 16.0 Å². The second kappa shape index (κ2) is 10.6. The summed E-state index contributed by atoms with van der Waals surface area (Å²) in [7, 11) is 0. The van der Waals surface area contributed by atoms with Crippen molar-refractivity contribution in [1.29, 1.82) is 0 Å². The quantitative estimate of drug-likeness (QED) is 0.643. The van der Waals surface area contributed by atoms with Crippen LogP contribution in [0.15, 0.2) is 30.6 Å². The van der Waals surface area contributed by atoms with Gasteiger partial charge in [-0.1, -0.05) is 0 Å². The van der Waals surface area contributed by atoms with E-state index in [1.165, 1.54) is 12.1 Å². The first-order valence-electron chi connectivity index (χ1n) is 12.3. The van der Waals surface area contributed by atoms with Crippen molar-refractivity contribution < 1.29 is 18.7 Å². The summed E-state index contributed by atoms with van der Waals surface area (Å²) in [6.07, 6.45) is 5.88. The van der Waals surface area contributed by atoms with Crippen molar-refractivity contribution in [3.63, 3.8) is 0 Å². The van der Waals surface area contributed by atoms with Crippen LogP contribution in [0.3, 0.4) is 0 Å². The largest absolute Gasteiger partial charge is 0.378 e. The maximum absolute atomic E-state index is 14.2. The van der Waals surface area contributed by atoms with E-state index in [1.807, 2.05) is 4.90 Å². The number of aromatic nitrogens is 2. The lowest BCUT2D eigenvalue weighted by atomic mass is 10.0. The molecule has 3 fully saturated rings. The second-order valence-electron chi connectivity index (χ2n) is 9.17. The summed E-state index contributed by atoms with van der Waals surface area (Å²) < 4.78 is 19.6. The Kier molecular flexibility index (Phi) is 7.08. The van der Waals surface area contributed by atoms with Crippen molar-refractivity contribution in [2.75, 3.05) is 75.4 Å². The van der Waals surface area contributed by atoms with Crippen LogP contribution in [0.25, 0.3) is 11.1 Å². The van der Waals surface area contributed by atoms with Crippen molar-refractivity contribution in [3.05, 3.63) is 36.4 Å². The average Bonchev–Trinajstić information content (AvgIpc) is 2.91. The molecule has 2 amide bonds. The Morgan fingerprint density at radius 1 is 0.943 bits per heavy atom. The Balaban J connectivity index is 1.25. The van der Waals surface area contributed by atoms with Gasteiger partial charge in [0.2, 0.25) is 17.8 Å². The highest BCUT2D eigenvalue weighted by Crippen LogP contribution is 2.32. The van der Waals surface area contributed by atoms with Crippen LogP contribution in [-0.2, 0) is 14.3 Å². The van der Waals surface area contributed by atoms with E-state index < -0.39 is 0 Å². The summed E-state index contributed by atoms with van der Waals surface area (Å²) in [5, 5.41) is 0. The lowest BCUT2D eigenvalue weighted by Gasteiger charge is -2.38. The number of ether oxygens (including phenoxy) is 1. The molecule has 0 bridgehead atoms. The topological polar surface area (TPSA) is 82.1 Å². The molecule has 1 aromatic carbocycles. The summed E-state index contributed by atoms with van der Waals surface area (Å²) >= 11 is 0. The van der Waals surface area contributed by atoms with Crippen LogP contribution in [0, 0.1) is 5.82 Å². The van der Waals surface area contributed by atoms with E-state index in [2.05, 4.69) is 19.8 Å². The molecule has 0 radical (unpaired) electrons. The average molecular weight is 483 g/mol. The summed E-state index contributed by atoms with van der Waals surface area (Å²) in [6.45, 7) is 6.01. The van der Waals surface area contributed by atoms with Crippen molar-refractivity contribution in [2.24, 2.45) is 0 Å². The number of likely N-dealkylation sites (tertiary alicyclic amines) is 1. The van der Waals surface area contributed by atoms with Gasteiger partial charge >= 0.3 is 0 Å². The van der Waals surface area contributed by atoms with E-state index in [-0.39, 0.29) is 24.2 Å². The first-order chi connectivity index (χ1) is 17.1. The molecule has 0 saturated carbocycles. The second-order valence-corrected chi connectivity index (χ2v) is 9.17. The fraction of sp³-hybridized carbons (Fsp3) is 0.520. The predicted octanol–water partition coefficient (Wildman–Crippen LogP) is 1.78. The Morgan fingerprint density at radius 3 is 2.40 bits per heavy atom. The van der Waals surface area contributed by atoms with Crippen LogP contribution < -0.4 is 9.80 Å². The molecule has 0 N–H and O–H groups in total. The number of carbonyl (C=O) groups is 2. The molecule has 4 heterocycles. The predicted molar refractivity (Wildman–Crippen MR) is 130 cm³/mol. The summed E-state index contributed by atoms with van der Waals surface area (Å²) in [5.41, 5.74) is 2.38. The maximum atomic E-state index is 14.2. The molecule has 0 unspecified atom stereocenters. The van der Waals surface area contributed by atoms with Crippen molar-refractivity contribution in [2.45, 2.75) is 19.3 Å². The van der Waals surface area contributed by atoms with Crippen LogP contribution in [0.2, 0.25) is 0 Å². The minimum absolute atomic E-state index is 0.00803. The van der Waals surface area contributed by atoms with Crippen molar-refractivity contribution in [3.8, 4) is 11.1 Å². The third kappa shape index (κ3) is 5.37. The number of carbonyl (C=O) groups excluding carboxylic acids is 2. The third-order valence-corrected chi connectivity index (χ3v) is 6.92. The van der Waals surface area contributed by atoms with E-state index in [4.69, 9.17) is 4.74 Å². The zero-order valence-electron chi connectivity index (χ0n) is 19.9. The minimum atomic E-state index is -0.319. The van der Waals surface area contributed by atoms with E-state index in [1.54, 1.807) is 23.4 Å². The number of hydrogen-bond donors (Lipinski definition) is 0. The maximum Gasteiger partial charge on any atom is 0.242 e. The Labute approximate surface area is 204 Å². The van der Waals surface area contributed by atoms with Gasteiger partial charge < -0.3 is 24.3 Å². The number of anilines is 2. The normalized spacial score (nSPS) is 19.3. The molecular formula is C25H31FN6O3. The minimum Gasteiger partial charge on any atom is -0.378 e. The molecule has 9 nitrogen and oxygen atoms in total. The number of piperidine rings is 1.